The van der Waals surface area contributed by atoms with E-state index in [1.807, 2.05) is 13.8 Å². The predicted octanol–water partition coefficient (Wildman–Crippen LogP) is 3.31. The van der Waals surface area contributed by atoms with Gasteiger partial charge in [0.05, 0.1) is 12.5 Å². The number of aliphatic carboxylic acids is 1. The number of aromatic nitrogens is 2. The molecule has 2 N–H and O–H groups in total. The van der Waals surface area contributed by atoms with Crippen LogP contribution in [0.3, 0.4) is 0 Å². The topological polar surface area (TPSA) is 93.5 Å². The van der Waals surface area contributed by atoms with Gasteiger partial charge in [0.15, 0.2) is 0 Å². The van der Waals surface area contributed by atoms with Crippen molar-refractivity contribution in [3.8, 4) is 5.75 Å². The monoisotopic (exact) mass is 385 g/mol. The van der Waals surface area contributed by atoms with E-state index >= 15 is 0 Å². The van der Waals surface area contributed by atoms with E-state index in [1.165, 1.54) is 18.2 Å². The summed E-state index contributed by atoms with van der Waals surface area (Å²) in [7, 11) is 0. The average molecular weight is 385 g/mol. The van der Waals surface area contributed by atoms with Gasteiger partial charge >= 0.3 is 12.3 Å². The second-order valence-electron chi connectivity index (χ2n) is 6.02. The maximum atomic E-state index is 12.3. The summed E-state index contributed by atoms with van der Waals surface area (Å²) in [6.07, 6.45) is -3.66. The molecule has 0 fully saturated rings. The standard InChI is InChI=1S/C17H18F3N3O4/c1-10(2)23-8-7-13(22-23)16(26)21-14(9-15(24)25)11-3-5-12(6-4-11)27-17(18,19)20/h3-8,10,14H,9H2,1-2H3,(H,21,26)(H,24,25). The first-order chi connectivity index (χ1) is 12.5. The minimum absolute atomic E-state index is 0.0440. The van der Waals surface area contributed by atoms with Gasteiger partial charge in [-0.05, 0) is 37.6 Å². The van der Waals surface area contributed by atoms with E-state index in [1.54, 1.807) is 10.9 Å². The highest BCUT2D eigenvalue weighted by Crippen LogP contribution is 2.25. The Bertz CT molecular complexity index is 801. The number of carbonyl (C=O) groups excluding carboxylic acids is 1. The van der Waals surface area contributed by atoms with Crippen molar-refractivity contribution in [2.75, 3.05) is 0 Å². The van der Waals surface area contributed by atoms with Crippen LogP contribution < -0.4 is 10.1 Å². The molecule has 2 aromatic rings. The Morgan fingerprint density at radius 2 is 1.85 bits per heavy atom. The Morgan fingerprint density at radius 3 is 2.33 bits per heavy atom. The van der Waals surface area contributed by atoms with E-state index in [4.69, 9.17) is 5.11 Å². The van der Waals surface area contributed by atoms with E-state index in [2.05, 4.69) is 15.2 Å². The molecular weight excluding hydrogens is 367 g/mol. The predicted molar refractivity (Wildman–Crippen MR) is 88.2 cm³/mol. The van der Waals surface area contributed by atoms with Gasteiger partial charge in [-0.25, -0.2) is 0 Å². The summed E-state index contributed by atoms with van der Waals surface area (Å²) in [6.45, 7) is 3.76. The number of carboxylic acid groups (broad SMARTS) is 1. The zero-order chi connectivity index (χ0) is 20.2. The second kappa shape index (κ2) is 8.11. The van der Waals surface area contributed by atoms with E-state index in [-0.39, 0.29) is 11.7 Å². The fraction of sp³-hybridized carbons (Fsp3) is 0.353. The molecule has 0 aliphatic rings. The lowest BCUT2D eigenvalue weighted by atomic mass is 10.0. The summed E-state index contributed by atoms with van der Waals surface area (Å²) in [4.78, 5) is 23.5. The number of hydrogen-bond donors (Lipinski definition) is 2. The van der Waals surface area contributed by atoms with Crippen LogP contribution in [-0.4, -0.2) is 33.1 Å². The molecule has 1 heterocycles. The molecule has 10 heteroatoms. The third kappa shape index (κ3) is 6.01. The van der Waals surface area contributed by atoms with Crippen molar-refractivity contribution in [1.82, 2.24) is 15.1 Å². The van der Waals surface area contributed by atoms with Crippen LogP contribution in [0.1, 0.15) is 48.4 Å². The van der Waals surface area contributed by atoms with Gasteiger partial charge < -0.3 is 15.2 Å². The molecule has 0 bridgehead atoms. The Kier molecular flexibility index (Phi) is 6.09. The molecule has 146 valence electrons. The molecule has 1 aromatic heterocycles. The summed E-state index contributed by atoms with van der Waals surface area (Å²) in [6, 6.07) is 5.23. The SMILES string of the molecule is CC(C)n1ccc(C(=O)NC(CC(=O)O)c2ccc(OC(F)(F)F)cc2)n1. The van der Waals surface area contributed by atoms with Crippen LogP contribution in [-0.2, 0) is 4.79 Å². The molecule has 1 atom stereocenters. The number of carboxylic acids is 1. The third-order valence-electron chi connectivity index (χ3n) is 3.57. The zero-order valence-electron chi connectivity index (χ0n) is 14.5. The number of nitrogens with one attached hydrogen (secondary N) is 1. The number of rotatable bonds is 7. The van der Waals surface area contributed by atoms with Gasteiger partial charge in [-0.2, -0.15) is 5.10 Å². The van der Waals surface area contributed by atoms with Crippen LogP contribution in [0.4, 0.5) is 13.2 Å². The van der Waals surface area contributed by atoms with E-state index in [9.17, 15) is 22.8 Å². The number of nitrogens with zero attached hydrogens (tertiary/aromatic N) is 2. The van der Waals surface area contributed by atoms with Gasteiger partial charge in [0.2, 0.25) is 0 Å². The molecular formula is C17H18F3N3O4. The smallest absolute Gasteiger partial charge is 0.481 e. The van der Waals surface area contributed by atoms with E-state index in [0.717, 1.165) is 12.1 Å². The van der Waals surface area contributed by atoms with Crippen molar-refractivity contribution in [3.05, 3.63) is 47.8 Å². The number of hydrogen-bond acceptors (Lipinski definition) is 4. The first kappa shape index (κ1) is 20.3. The van der Waals surface area contributed by atoms with Crippen LogP contribution in [0.15, 0.2) is 36.5 Å². The van der Waals surface area contributed by atoms with Gasteiger partial charge in [0, 0.05) is 12.2 Å². The third-order valence-corrected chi connectivity index (χ3v) is 3.57. The second-order valence-corrected chi connectivity index (χ2v) is 6.02. The maximum absolute atomic E-state index is 12.3. The molecule has 7 nitrogen and oxygen atoms in total. The Labute approximate surface area is 152 Å². The molecule has 0 radical (unpaired) electrons. The first-order valence-corrected chi connectivity index (χ1v) is 7.98. The molecule has 0 saturated heterocycles. The molecule has 0 aliphatic carbocycles. The Morgan fingerprint density at radius 1 is 1.22 bits per heavy atom. The quantitative estimate of drug-likeness (QED) is 0.763. The molecule has 0 aliphatic heterocycles. The molecule has 0 saturated carbocycles. The fourth-order valence-electron chi connectivity index (χ4n) is 2.31. The molecule has 1 unspecified atom stereocenters. The number of ether oxygens (including phenoxy) is 1. The summed E-state index contributed by atoms with van der Waals surface area (Å²) in [5.41, 5.74) is 0.430. The van der Waals surface area contributed by atoms with Crippen molar-refractivity contribution in [2.45, 2.75) is 38.7 Å². The van der Waals surface area contributed by atoms with Gasteiger partial charge in [0.25, 0.3) is 5.91 Å². The van der Waals surface area contributed by atoms with Crippen LogP contribution >= 0.6 is 0 Å². The van der Waals surface area contributed by atoms with Crippen molar-refractivity contribution < 1.29 is 32.6 Å². The maximum Gasteiger partial charge on any atom is 0.573 e. The number of amides is 1. The van der Waals surface area contributed by atoms with Gasteiger partial charge in [0.1, 0.15) is 11.4 Å². The lowest BCUT2D eigenvalue weighted by Crippen LogP contribution is -2.30. The number of alkyl halides is 3. The largest absolute Gasteiger partial charge is 0.573 e. The summed E-state index contributed by atoms with van der Waals surface area (Å²) in [5.74, 6) is -2.21. The molecule has 0 spiro atoms. The molecule has 2 rings (SSSR count). The fourth-order valence-corrected chi connectivity index (χ4v) is 2.31. The lowest BCUT2D eigenvalue weighted by molar-refractivity contribution is -0.274. The van der Waals surface area contributed by atoms with Crippen LogP contribution in [0, 0.1) is 0 Å². The number of carbonyl (C=O) groups is 2. The zero-order valence-corrected chi connectivity index (χ0v) is 14.5. The normalized spacial score (nSPS) is 12.7. The minimum Gasteiger partial charge on any atom is -0.481 e. The van der Waals surface area contributed by atoms with Gasteiger partial charge in [-0.15, -0.1) is 13.2 Å². The van der Waals surface area contributed by atoms with Crippen molar-refractivity contribution in [2.24, 2.45) is 0 Å². The van der Waals surface area contributed by atoms with Crippen molar-refractivity contribution in [3.63, 3.8) is 0 Å². The van der Waals surface area contributed by atoms with Crippen LogP contribution in [0.2, 0.25) is 0 Å². The lowest BCUT2D eigenvalue weighted by Gasteiger charge is -2.17. The summed E-state index contributed by atoms with van der Waals surface area (Å²) >= 11 is 0. The Hall–Kier alpha value is -3.04. The molecule has 1 aromatic carbocycles. The van der Waals surface area contributed by atoms with Gasteiger partial charge in [-0.1, -0.05) is 12.1 Å². The number of benzene rings is 1. The Balaban J connectivity index is 2.16. The van der Waals surface area contributed by atoms with E-state index in [0.29, 0.717) is 5.56 Å². The van der Waals surface area contributed by atoms with E-state index < -0.39 is 36.5 Å². The highest BCUT2D eigenvalue weighted by molar-refractivity contribution is 5.92. The van der Waals surface area contributed by atoms with Crippen molar-refractivity contribution in [1.29, 1.82) is 0 Å². The molecule has 1 amide bonds. The van der Waals surface area contributed by atoms with Gasteiger partial charge in [-0.3, -0.25) is 14.3 Å². The average Bonchev–Trinajstić information content (AvgIpc) is 3.03. The highest BCUT2D eigenvalue weighted by atomic mass is 19.4. The first-order valence-electron chi connectivity index (χ1n) is 7.98. The minimum atomic E-state index is -4.83. The van der Waals surface area contributed by atoms with Crippen LogP contribution in [0.5, 0.6) is 5.75 Å². The van der Waals surface area contributed by atoms with Crippen LogP contribution in [0.25, 0.3) is 0 Å². The van der Waals surface area contributed by atoms with Crippen molar-refractivity contribution >= 4 is 11.9 Å². The molecule has 27 heavy (non-hydrogen) atoms. The number of halogens is 3. The highest BCUT2D eigenvalue weighted by Gasteiger charge is 2.31. The summed E-state index contributed by atoms with van der Waals surface area (Å²) in [5, 5.41) is 15.7. The summed E-state index contributed by atoms with van der Waals surface area (Å²) < 4.78 is 42.0.